The van der Waals surface area contributed by atoms with Crippen LogP contribution in [0.4, 0.5) is 5.69 Å². The number of aliphatic hydroxyl groups is 1. The molecular formula is C18H30N4O2. The van der Waals surface area contributed by atoms with E-state index in [0.717, 1.165) is 37.4 Å². The number of rotatable bonds is 7. The predicted molar refractivity (Wildman–Crippen MR) is 97.2 cm³/mol. The second kappa shape index (κ2) is 9.13. The van der Waals surface area contributed by atoms with Gasteiger partial charge in [0.1, 0.15) is 0 Å². The van der Waals surface area contributed by atoms with Crippen molar-refractivity contribution in [2.75, 3.05) is 65.2 Å². The molecule has 1 aliphatic heterocycles. The van der Waals surface area contributed by atoms with Gasteiger partial charge in [0.15, 0.2) is 0 Å². The molecule has 0 spiro atoms. The summed E-state index contributed by atoms with van der Waals surface area (Å²) >= 11 is 0. The van der Waals surface area contributed by atoms with Crippen LogP contribution in [0.1, 0.15) is 5.56 Å². The SMILES string of the molecule is Cc1cccc(NC(=O)CN(C)CC(O)CN2CCN(C)CC2)c1. The highest BCUT2D eigenvalue weighted by molar-refractivity contribution is 5.92. The van der Waals surface area contributed by atoms with E-state index in [4.69, 9.17) is 0 Å². The van der Waals surface area contributed by atoms with Gasteiger partial charge in [0.05, 0.1) is 12.6 Å². The number of piperazine rings is 1. The fourth-order valence-electron chi connectivity index (χ4n) is 2.98. The zero-order chi connectivity index (χ0) is 17.5. The van der Waals surface area contributed by atoms with Gasteiger partial charge < -0.3 is 15.3 Å². The second-order valence-corrected chi connectivity index (χ2v) is 6.87. The van der Waals surface area contributed by atoms with E-state index in [0.29, 0.717) is 13.1 Å². The molecule has 2 rings (SSSR count). The summed E-state index contributed by atoms with van der Waals surface area (Å²) in [6.45, 7) is 7.49. The molecule has 134 valence electrons. The molecule has 1 saturated heterocycles. The van der Waals surface area contributed by atoms with Gasteiger partial charge in [0, 0.05) is 45.0 Å². The summed E-state index contributed by atoms with van der Waals surface area (Å²) in [7, 11) is 3.98. The number of hydrogen-bond donors (Lipinski definition) is 2. The highest BCUT2D eigenvalue weighted by atomic mass is 16.3. The van der Waals surface area contributed by atoms with Gasteiger partial charge in [0.2, 0.25) is 5.91 Å². The van der Waals surface area contributed by atoms with E-state index in [9.17, 15) is 9.90 Å². The molecule has 1 aromatic rings. The Kier molecular flexibility index (Phi) is 7.17. The van der Waals surface area contributed by atoms with Crippen molar-refractivity contribution < 1.29 is 9.90 Å². The number of benzene rings is 1. The van der Waals surface area contributed by atoms with E-state index in [-0.39, 0.29) is 12.5 Å². The van der Waals surface area contributed by atoms with Gasteiger partial charge in [0.25, 0.3) is 0 Å². The first-order valence-electron chi connectivity index (χ1n) is 8.56. The lowest BCUT2D eigenvalue weighted by Gasteiger charge is -2.34. The molecule has 1 heterocycles. The quantitative estimate of drug-likeness (QED) is 0.759. The van der Waals surface area contributed by atoms with Crippen molar-refractivity contribution in [3.05, 3.63) is 29.8 Å². The molecule has 1 aromatic carbocycles. The summed E-state index contributed by atoms with van der Waals surface area (Å²) in [5.41, 5.74) is 1.93. The molecule has 0 radical (unpaired) electrons. The molecule has 1 atom stereocenters. The number of carbonyl (C=O) groups is 1. The van der Waals surface area contributed by atoms with E-state index in [1.807, 2.05) is 43.1 Å². The van der Waals surface area contributed by atoms with Crippen LogP contribution in [-0.2, 0) is 4.79 Å². The molecule has 1 amide bonds. The zero-order valence-corrected chi connectivity index (χ0v) is 15.0. The van der Waals surface area contributed by atoms with Crippen LogP contribution in [0.2, 0.25) is 0 Å². The molecule has 6 heteroatoms. The first-order valence-corrected chi connectivity index (χ1v) is 8.56. The summed E-state index contributed by atoms with van der Waals surface area (Å²) < 4.78 is 0. The van der Waals surface area contributed by atoms with Gasteiger partial charge >= 0.3 is 0 Å². The Balaban J connectivity index is 1.69. The first kappa shape index (κ1) is 18.9. The molecule has 2 N–H and O–H groups in total. The lowest BCUT2D eigenvalue weighted by Crippen LogP contribution is -2.48. The lowest BCUT2D eigenvalue weighted by atomic mass is 10.2. The van der Waals surface area contributed by atoms with Gasteiger partial charge in [-0.3, -0.25) is 14.6 Å². The fraction of sp³-hybridized carbons (Fsp3) is 0.611. The summed E-state index contributed by atoms with van der Waals surface area (Å²) in [5.74, 6) is -0.0603. The number of β-amino-alcohol motifs (C(OH)–C–C–N with tert-alkyl or cyclic N) is 1. The zero-order valence-electron chi connectivity index (χ0n) is 15.0. The van der Waals surface area contributed by atoms with Crippen molar-refractivity contribution in [3.63, 3.8) is 0 Å². The molecule has 0 aromatic heterocycles. The number of nitrogens with one attached hydrogen (secondary N) is 1. The van der Waals surface area contributed by atoms with Crippen LogP contribution in [0.3, 0.4) is 0 Å². The monoisotopic (exact) mass is 334 g/mol. The Labute approximate surface area is 145 Å². The number of amides is 1. The molecule has 0 aliphatic carbocycles. The summed E-state index contributed by atoms with van der Waals surface area (Å²) in [5, 5.41) is 13.1. The van der Waals surface area contributed by atoms with Crippen molar-refractivity contribution in [2.45, 2.75) is 13.0 Å². The normalized spacial score (nSPS) is 17.9. The lowest BCUT2D eigenvalue weighted by molar-refractivity contribution is -0.117. The maximum absolute atomic E-state index is 12.1. The Hall–Kier alpha value is -1.47. The average molecular weight is 334 g/mol. The van der Waals surface area contributed by atoms with Crippen LogP contribution < -0.4 is 5.32 Å². The number of hydrogen-bond acceptors (Lipinski definition) is 5. The smallest absolute Gasteiger partial charge is 0.238 e. The van der Waals surface area contributed by atoms with Crippen molar-refractivity contribution in [2.24, 2.45) is 0 Å². The third kappa shape index (κ3) is 6.57. The molecule has 1 aliphatic rings. The van der Waals surface area contributed by atoms with E-state index >= 15 is 0 Å². The average Bonchev–Trinajstić information content (AvgIpc) is 2.49. The molecule has 0 saturated carbocycles. The molecule has 1 fully saturated rings. The maximum atomic E-state index is 12.1. The van der Waals surface area contributed by atoms with Gasteiger partial charge in [-0.25, -0.2) is 0 Å². The molecule has 24 heavy (non-hydrogen) atoms. The van der Waals surface area contributed by atoms with Crippen LogP contribution in [-0.4, -0.2) is 91.7 Å². The van der Waals surface area contributed by atoms with E-state index in [1.165, 1.54) is 0 Å². The predicted octanol–water partition coefficient (Wildman–Crippen LogP) is 0.474. The van der Waals surface area contributed by atoms with E-state index in [1.54, 1.807) is 0 Å². The van der Waals surface area contributed by atoms with Crippen LogP contribution in [0.5, 0.6) is 0 Å². The number of anilines is 1. The minimum atomic E-state index is -0.440. The maximum Gasteiger partial charge on any atom is 0.238 e. The van der Waals surface area contributed by atoms with E-state index < -0.39 is 6.10 Å². The third-order valence-electron chi connectivity index (χ3n) is 4.30. The minimum absolute atomic E-state index is 0.0603. The largest absolute Gasteiger partial charge is 0.390 e. The van der Waals surface area contributed by atoms with E-state index in [2.05, 4.69) is 22.2 Å². The molecule has 1 unspecified atom stereocenters. The third-order valence-corrected chi connectivity index (χ3v) is 4.30. The van der Waals surface area contributed by atoms with Gasteiger partial charge in [-0.05, 0) is 38.7 Å². The highest BCUT2D eigenvalue weighted by Crippen LogP contribution is 2.09. The Morgan fingerprint density at radius 3 is 2.71 bits per heavy atom. The van der Waals surface area contributed by atoms with Crippen LogP contribution >= 0.6 is 0 Å². The second-order valence-electron chi connectivity index (χ2n) is 6.87. The number of aliphatic hydroxyl groups excluding tert-OH is 1. The standard InChI is InChI=1S/C18H30N4O2/c1-15-5-4-6-16(11-15)19-18(24)14-21(3)12-17(23)13-22-9-7-20(2)8-10-22/h4-6,11,17,23H,7-10,12-14H2,1-3H3,(H,19,24). The summed E-state index contributed by atoms with van der Waals surface area (Å²) in [4.78, 5) is 18.5. The van der Waals surface area contributed by atoms with Crippen LogP contribution in [0.25, 0.3) is 0 Å². The fourth-order valence-corrected chi connectivity index (χ4v) is 2.98. The van der Waals surface area contributed by atoms with Crippen molar-refractivity contribution >= 4 is 11.6 Å². The minimum Gasteiger partial charge on any atom is -0.390 e. The van der Waals surface area contributed by atoms with Crippen molar-refractivity contribution in [3.8, 4) is 0 Å². The number of likely N-dealkylation sites (N-methyl/N-ethyl adjacent to an activating group) is 2. The van der Waals surface area contributed by atoms with Crippen LogP contribution in [0.15, 0.2) is 24.3 Å². The summed E-state index contributed by atoms with van der Waals surface area (Å²) in [6, 6.07) is 7.75. The van der Waals surface area contributed by atoms with Crippen molar-refractivity contribution in [1.82, 2.24) is 14.7 Å². The van der Waals surface area contributed by atoms with Gasteiger partial charge in [-0.2, -0.15) is 0 Å². The number of nitrogens with zero attached hydrogens (tertiary/aromatic N) is 3. The summed E-state index contributed by atoms with van der Waals surface area (Å²) in [6.07, 6.45) is -0.440. The Morgan fingerprint density at radius 1 is 1.33 bits per heavy atom. The number of carbonyl (C=O) groups excluding carboxylic acids is 1. The Morgan fingerprint density at radius 2 is 2.04 bits per heavy atom. The topological polar surface area (TPSA) is 59.1 Å². The van der Waals surface area contributed by atoms with Crippen molar-refractivity contribution in [1.29, 1.82) is 0 Å². The van der Waals surface area contributed by atoms with Gasteiger partial charge in [-0.15, -0.1) is 0 Å². The molecule has 0 bridgehead atoms. The molecular weight excluding hydrogens is 304 g/mol. The Bertz CT molecular complexity index is 530. The molecule has 6 nitrogen and oxygen atoms in total. The van der Waals surface area contributed by atoms with Gasteiger partial charge in [-0.1, -0.05) is 12.1 Å². The number of aryl methyl sites for hydroxylation is 1. The first-order chi connectivity index (χ1) is 11.4. The van der Waals surface area contributed by atoms with Crippen LogP contribution in [0, 0.1) is 6.92 Å². The highest BCUT2D eigenvalue weighted by Gasteiger charge is 2.18.